The van der Waals surface area contributed by atoms with Gasteiger partial charge in [-0.25, -0.2) is 19.9 Å². The topological polar surface area (TPSA) is 76.3 Å². The minimum atomic E-state index is -4.66. The van der Waals surface area contributed by atoms with Gasteiger partial charge >= 0.3 is 18.5 Å². The molecule has 2 unspecified atom stereocenters. The molecule has 15 heteroatoms. The monoisotopic (exact) mass is 896 g/mol. The van der Waals surface area contributed by atoms with E-state index in [4.69, 9.17) is 29.9 Å². The second-order valence-corrected chi connectivity index (χ2v) is 15.6. The number of aromatic nitrogens is 4. The molecule has 6 aromatic carbocycles. The number of rotatable bonds is 6. The first kappa shape index (κ1) is 42.2. The Morgan fingerprint density at radius 2 is 0.742 bits per heavy atom. The number of allylic oxidation sites excluding steroid dienone is 2. The fourth-order valence-corrected chi connectivity index (χ4v) is 8.01. The van der Waals surface area contributed by atoms with E-state index < -0.39 is 47.3 Å². The molecular weight excluding hydrogens is 868 g/mol. The first-order valence-corrected chi connectivity index (χ1v) is 20.3. The Morgan fingerprint density at radius 1 is 0.348 bits per heavy atom. The lowest BCUT2D eigenvalue weighted by Crippen LogP contribution is -2.34. The predicted octanol–water partition coefficient (Wildman–Crippen LogP) is 13.4. The molecule has 1 aliphatic carbocycles. The van der Waals surface area contributed by atoms with Crippen LogP contribution < -0.4 is 0 Å². The summed E-state index contributed by atoms with van der Waals surface area (Å²) < 4.78 is 126. The second kappa shape index (κ2) is 16.0. The van der Waals surface area contributed by atoms with Crippen LogP contribution >= 0.6 is 0 Å². The van der Waals surface area contributed by atoms with Crippen LogP contribution in [0.1, 0.15) is 22.3 Å². The molecule has 1 aliphatic heterocycles. The Morgan fingerprint density at radius 3 is 1.20 bits per heavy atom. The minimum absolute atomic E-state index is 0.0228. The summed E-state index contributed by atoms with van der Waals surface area (Å²) in [4.78, 5) is 29.4. The zero-order chi connectivity index (χ0) is 46.0. The summed E-state index contributed by atoms with van der Waals surface area (Å²) >= 11 is 0. The quantitative estimate of drug-likeness (QED) is 0.156. The number of fused-ring (bicyclic) bond motifs is 3. The molecule has 0 spiro atoms. The third-order valence-electron chi connectivity index (χ3n) is 11.2. The van der Waals surface area contributed by atoms with Crippen LogP contribution in [0.2, 0.25) is 0 Å². The Bertz CT molecular complexity index is 3160. The molecule has 0 amide bonds. The van der Waals surface area contributed by atoms with Gasteiger partial charge in [0.15, 0.2) is 0 Å². The zero-order valence-electron chi connectivity index (χ0n) is 33.8. The van der Waals surface area contributed by atoms with Crippen molar-refractivity contribution in [1.29, 1.82) is 0 Å². The van der Waals surface area contributed by atoms with E-state index in [1.807, 2.05) is 0 Å². The SMILES string of the molecule is FC(F)(F)C1=CC2N=C(c3ccccc3)C(c3cc(-c4nc5ccc(C(F)(F)F)cc5nc4-c4ccccc4)cc(-c4nc5ccc(C(F)(F)F)cc5nc4-c4ccccc4)c3)=NC2C=C1. The second-order valence-electron chi connectivity index (χ2n) is 15.6. The van der Waals surface area contributed by atoms with Crippen LogP contribution in [0.3, 0.4) is 0 Å². The number of hydrogen-bond acceptors (Lipinski definition) is 6. The maximum absolute atomic E-state index is 14.0. The Hall–Kier alpha value is -7.81. The third-order valence-corrected chi connectivity index (χ3v) is 11.2. The van der Waals surface area contributed by atoms with E-state index in [1.165, 1.54) is 18.2 Å². The average molecular weight is 897 g/mol. The van der Waals surface area contributed by atoms with E-state index in [2.05, 4.69) is 0 Å². The molecule has 2 atom stereocenters. The Kier molecular flexibility index (Phi) is 10.2. The third kappa shape index (κ3) is 8.12. The highest BCUT2D eigenvalue weighted by molar-refractivity contribution is 6.54. The van der Waals surface area contributed by atoms with Crippen LogP contribution in [0.4, 0.5) is 39.5 Å². The number of halogens is 9. The van der Waals surface area contributed by atoms with Crippen LogP contribution in [-0.2, 0) is 12.4 Å². The van der Waals surface area contributed by atoms with Gasteiger partial charge in [-0.1, -0.05) is 103 Å². The average Bonchev–Trinajstić information content (AvgIpc) is 3.32. The first-order valence-electron chi connectivity index (χ1n) is 20.3. The lowest BCUT2D eigenvalue weighted by Gasteiger charge is -2.28. The van der Waals surface area contributed by atoms with Gasteiger partial charge < -0.3 is 0 Å². The molecule has 0 radical (unpaired) electrons. The molecule has 3 heterocycles. The standard InChI is InChI=1S/C51H29F9N6/c52-49(53,54)34-16-19-37-40(25-34)64-43(28-10-4-1-5-11-28)46(61-37)31-22-32(47-44(29-12-6-2-7-13-29)65-41-26-35(50(55,56)57)17-20-38(41)62-47)24-33(23-31)48-45(30-14-8-3-9-15-30)66-42-27-36(51(58,59)60)18-21-39(42)63-48/h1-27,37,40H. The highest BCUT2D eigenvalue weighted by Gasteiger charge is 2.38. The van der Waals surface area contributed by atoms with Crippen molar-refractivity contribution < 1.29 is 39.5 Å². The van der Waals surface area contributed by atoms with Gasteiger partial charge in [0.1, 0.15) is 0 Å². The molecule has 10 rings (SSSR count). The van der Waals surface area contributed by atoms with Gasteiger partial charge in [0.2, 0.25) is 0 Å². The minimum Gasteiger partial charge on any atom is -0.272 e. The molecule has 2 aliphatic rings. The van der Waals surface area contributed by atoms with Crippen molar-refractivity contribution >= 4 is 33.5 Å². The summed E-state index contributed by atoms with van der Waals surface area (Å²) in [6.45, 7) is 0. The van der Waals surface area contributed by atoms with Gasteiger partial charge in [-0.2, -0.15) is 39.5 Å². The summed E-state index contributed by atoms with van der Waals surface area (Å²) in [6.07, 6.45) is -10.6. The number of hydrogen-bond donors (Lipinski definition) is 0. The van der Waals surface area contributed by atoms with E-state index in [0.29, 0.717) is 33.4 Å². The largest absolute Gasteiger partial charge is 0.416 e. The summed E-state index contributed by atoms with van der Waals surface area (Å²) in [5, 5.41) is 0. The molecule has 8 aromatic rings. The molecule has 2 aromatic heterocycles. The zero-order valence-corrected chi connectivity index (χ0v) is 33.8. The van der Waals surface area contributed by atoms with Crippen LogP contribution in [0.25, 0.3) is 67.1 Å². The van der Waals surface area contributed by atoms with Gasteiger partial charge in [0.25, 0.3) is 0 Å². The van der Waals surface area contributed by atoms with Crippen molar-refractivity contribution in [3.63, 3.8) is 0 Å². The van der Waals surface area contributed by atoms with Gasteiger partial charge in [-0.05, 0) is 60.7 Å². The molecule has 6 nitrogen and oxygen atoms in total. The van der Waals surface area contributed by atoms with Crippen molar-refractivity contribution in [3.8, 4) is 45.0 Å². The molecule has 66 heavy (non-hydrogen) atoms. The number of nitrogens with zero attached hydrogens (tertiary/aromatic N) is 6. The van der Waals surface area contributed by atoms with Gasteiger partial charge in [-0.15, -0.1) is 0 Å². The van der Waals surface area contributed by atoms with Crippen molar-refractivity contribution in [2.45, 2.75) is 30.6 Å². The number of alkyl halides is 9. The Labute approximate surface area is 369 Å². The van der Waals surface area contributed by atoms with Crippen molar-refractivity contribution in [2.75, 3.05) is 0 Å². The number of aliphatic imine (C=N–C) groups is 2. The first-order chi connectivity index (χ1) is 31.6. The summed E-state index contributed by atoms with van der Waals surface area (Å²) in [5.41, 5.74) is 1.76. The summed E-state index contributed by atoms with van der Waals surface area (Å²) in [7, 11) is 0. The van der Waals surface area contributed by atoms with Crippen LogP contribution in [0, 0.1) is 0 Å². The van der Waals surface area contributed by atoms with Crippen LogP contribution in [-0.4, -0.2) is 49.6 Å². The maximum atomic E-state index is 14.0. The Balaban J connectivity index is 1.27. The molecular formula is C51H29F9N6. The molecule has 326 valence electrons. The smallest absolute Gasteiger partial charge is 0.272 e. The van der Waals surface area contributed by atoms with Crippen LogP contribution in [0.15, 0.2) is 179 Å². The normalized spacial score (nSPS) is 16.5. The van der Waals surface area contributed by atoms with E-state index >= 15 is 0 Å². The number of benzene rings is 6. The van der Waals surface area contributed by atoms with Crippen molar-refractivity contribution in [1.82, 2.24) is 19.9 Å². The lowest BCUT2D eigenvalue weighted by molar-refractivity contribution is -0.138. The van der Waals surface area contributed by atoms with Gasteiger partial charge in [0.05, 0.1) is 85.0 Å². The molecule has 0 bridgehead atoms. The van der Waals surface area contributed by atoms with Crippen molar-refractivity contribution in [2.24, 2.45) is 9.98 Å². The van der Waals surface area contributed by atoms with E-state index in [9.17, 15) is 39.5 Å². The summed E-state index contributed by atoms with van der Waals surface area (Å²) in [5.74, 6) is 0. The highest BCUT2D eigenvalue weighted by Crippen LogP contribution is 2.41. The maximum Gasteiger partial charge on any atom is 0.416 e. The lowest BCUT2D eigenvalue weighted by atomic mass is 9.89. The molecule has 0 fully saturated rings. The van der Waals surface area contributed by atoms with Gasteiger partial charge in [-0.3, -0.25) is 9.98 Å². The fraction of sp³-hybridized carbons (Fsp3) is 0.0980. The van der Waals surface area contributed by atoms with Gasteiger partial charge in [0, 0.05) is 33.4 Å². The van der Waals surface area contributed by atoms with Crippen LogP contribution in [0.5, 0.6) is 0 Å². The molecule has 0 saturated carbocycles. The highest BCUT2D eigenvalue weighted by atomic mass is 19.4. The molecule has 0 saturated heterocycles. The predicted molar refractivity (Wildman–Crippen MR) is 235 cm³/mol. The molecule has 0 N–H and O–H groups in total. The fourth-order valence-electron chi connectivity index (χ4n) is 8.01. The summed E-state index contributed by atoms with van der Waals surface area (Å²) in [6, 6.07) is 35.7. The van der Waals surface area contributed by atoms with E-state index in [0.717, 1.165) is 36.4 Å². The van der Waals surface area contributed by atoms with E-state index in [-0.39, 0.29) is 56.3 Å². The van der Waals surface area contributed by atoms with Crippen molar-refractivity contribution in [3.05, 3.63) is 192 Å². The van der Waals surface area contributed by atoms with E-state index in [1.54, 1.807) is 109 Å².